The van der Waals surface area contributed by atoms with Crippen LogP contribution in [0.15, 0.2) is 35.4 Å². The maximum Gasteiger partial charge on any atom is 0.278 e. The third-order valence-corrected chi connectivity index (χ3v) is 2.98. The van der Waals surface area contributed by atoms with Crippen LogP contribution in [0.4, 0.5) is 5.95 Å². The number of nitriles is 1. The summed E-state index contributed by atoms with van der Waals surface area (Å²) in [4.78, 5) is 22.4. The summed E-state index contributed by atoms with van der Waals surface area (Å²) in [6.45, 7) is 0.370. The lowest BCUT2D eigenvalue weighted by molar-refractivity contribution is 0.817. The molecule has 3 aromatic rings. The Morgan fingerprint density at radius 2 is 2.20 bits per heavy atom. The molecule has 0 amide bonds. The topological polar surface area (TPSA) is 113 Å². The second-order valence-corrected chi connectivity index (χ2v) is 4.26. The van der Waals surface area contributed by atoms with Crippen molar-refractivity contribution in [3.63, 3.8) is 0 Å². The fraction of sp³-hybridized carbons (Fsp3) is 0.0769. The van der Waals surface area contributed by atoms with Gasteiger partial charge in [0.05, 0.1) is 24.5 Å². The highest BCUT2D eigenvalue weighted by atomic mass is 16.1. The number of aromatic amines is 1. The molecule has 2 heterocycles. The minimum Gasteiger partial charge on any atom is -0.369 e. The van der Waals surface area contributed by atoms with Crippen LogP contribution in [0.1, 0.15) is 11.1 Å². The Morgan fingerprint density at radius 1 is 1.40 bits per heavy atom. The van der Waals surface area contributed by atoms with Crippen molar-refractivity contribution in [1.82, 2.24) is 19.5 Å². The zero-order chi connectivity index (χ0) is 14.1. The maximum atomic E-state index is 11.9. The van der Waals surface area contributed by atoms with Gasteiger partial charge in [-0.2, -0.15) is 10.2 Å². The molecule has 20 heavy (non-hydrogen) atoms. The van der Waals surface area contributed by atoms with Crippen molar-refractivity contribution in [2.75, 3.05) is 5.73 Å². The molecule has 0 bridgehead atoms. The number of anilines is 1. The molecule has 0 spiro atoms. The number of aromatic nitrogens is 4. The van der Waals surface area contributed by atoms with Gasteiger partial charge in [-0.05, 0) is 11.6 Å². The van der Waals surface area contributed by atoms with Gasteiger partial charge in [-0.1, -0.05) is 18.2 Å². The molecule has 0 saturated heterocycles. The summed E-state index contributed by atoms with van der Waals surface area (Å²) in [6, 6.07) is 9.33. The Hall–Kier alpha value is -3.14. The Bertz CT molecular complexity index is 886. The lowest BCUT2D eigenvalue weighted by Crippen LogP contribution is -2.14. The normalized spacial score (nSPS) is 10.6. The smallest absolute Gasteiger partial charge is 0.278 e. The van der Waals surface area contributed by atoms with Gasteiger partial charge < -0.3 is 10.3 Å². The van der Waals surface area contributed by atoms with Crippen molar-refractivity contribution in [3.05, 3.63) is 52.1 Å². The largest absolute Gasteiger partial charge is 0.369 e. The van der Waals surface area contributed by atoms with E-state index in [0.29, 0.717) is 23.3 Å². The number of hydrogen-bond donors (Lipinski definition) is 2. The van der Waals surface area contributed by atoms with Gasteiger partial charge in [0, 0.05) is 0 Å². The van der Waals surface area contributed by atoms with E-state index in [1.807, 2.05) is 12.1 Å². The van der Waals surface area contributed by atoms with Crippen molar-refractivity contribution in [1.29, 1.82) is 5.26 Å². The summed E-state index contributed by atoms with van der Waals surface area (Å²) in [7, 11) is 0. The van der Waals surface area contributed by atoms with E-state index in [0.717, 1.165) is 5.56 Å². The second-order valence-electron chi connectivity index (χ2n) is 4.26. The predicted octanol–water partition coefficient (Wildman–Crippen LogP) is 0.622. The molecule has 3 rings (SSSR count). The number of nitrogens with two attached hydrogens (primary N) is 1. The van der Waals surface area contributed by atoms with Gasteiger partial charge in [0.2, 0.25) is 5.95 Å². The molecule has 0 atom stereocenters. The van der Waals surface area contributed by atoms with Crippen molar-refractivity contribution < 1.29 is 0 Å². The third kappa shape index (κ3) is 1.89. The number of benzene rings is 1. The lowest BCUT2D eigenvalue weighted by atomic mass is 10.1. The standard InChI is InChI=1S/C13H10N6O/c14-5-8-3-1-2-4-9(8)6-19-7-16-11-10(19)12(20)18-13(15)17-11/h1-4,7H,6H2,(H3,15,17,18,20). The lowest BCUT2D eigenvalue weighted by Gasteiger charge is -2.05. The van der Waals surface area contributed by atoms with Crippen LogP contribution in [0.3, 0.4) is 0 Å². The maximum absolute atomic E-state index is 11.9. The molecule has 0 aliphatic carbocycles. The zero-order valence-corrected chi connectivity index (χ0v) is 10.4. The van der Waals surface area contributed by atoms with Crippen LogP contribution in [-0.4, -0.2) is 19.5 Å². The van der Waals surface area contributed by atoms with Crippen molar-refractivity contribution in [3.8, 4) is 6.07 Å². The van der Waals surface area contributed by atoms with Crippen LogP contribution in [0.25, 0.3) is 11.2 Å². The molecular formula is C13H10N6O. The van der Waals surface area contributed by atoms with Crippen LogP contribution >= 0.6 is 0 Å². The van der Waals surface area contributed by atoms with Gasteiger partial charge in [0.1, 0.15) is 0 Å². The van der Waals surface area contributed by atoms with Crippen molar-refractivity contribution in [2.24, 2.45) is 0 Å². The minimum absolute atomic E-state index is 0.0326. The number of fused-ring (bicyclic) bond motifs is 1. The number of rotatable bonds is 2. The summed E-state index contributed by atoms with van der Waals surface area (Å²) in [5.74, 6) is 0.0326. The fourth-order valence-electron chi connectivity index (χ4n) is 2.07. The zero-order valence-electron chi connectivity index (χ0n) is 10.4. The van der Waals surface area contributed by atoms with Crippen molar-refractivity contribution in [2.45, 2.75) is 6.54 Å². The number of nitrogens with zero attached hydrogens (tertiary/aromatic N) is 4. The summed E-state index contributed by atoms with van der Waals surface area (Å²) in [5, 5.41) is 9.08. The average molecular weight is 266 g/mol. The van der Waals surface area contributed by atoms with E-state index < -0.39 is 0 Å². The van der Waals surface area contributed by atoms with Gasteiger partial charge >= 0.3 is 0 Å². The minimum atomic E-state index is -0.348. The van der Waals surface area contributed by atoms with E-state index in [4.69, 9.17) is 11.0 Å². The highest BCUT2D eigenvalue weighted by Crippen LogP contribution is 2.13. The summed E-state index contributed by atoms with van der Waals surface area (Å²) in [6.07, 6.45) is 1.51. The highest BCUT2D eigenvalue weighted by molar-refractivity contribution is 5.70. The molecule has 0 aliphatic rings. The number of nitrogen functional groups attached to an aromatic ring is 1. The first-order valence-electron chi connectivity index (χ1n) is 5.87. The first kappa shape index (κ1) is 11.9. The quantitative estimate of drug-likeness (QED) is 0.705. The van der Waals surface area contributed by atoms with Gasteiger partial charge in [0.15, 0.2) is 11.2 Å². The van der Waals surface area contributed by atoms with Crippen LogP contribution in [0.5, 0.6) is 0 Å². The van der Waals surface area contributed by atoms with E-state index in [-0.39, 0.29) is 11.5 Å². The van der Waals surface area contributed by atoms with Gasteiger partial charge in [0.25, 0.3) is 5.56 Å². The molecule has 0 radical (unpaired) electrons. The van der Waals surface area contributed by atoms with Gasteiger partial charge in [-0.3, -0.25) is 9.78 Å². The molecule has 0 aliphatic heterocycles. The highest BCUT2D eigenvalue weighted by Gasteiger charge is 2.11. The summed E-state index contributed by atoms with van der Waals surface area (Å²) < 4.78 is 1.65. The van der Waals surface area contributed by atoms with Gasteiger partial charge in [-0.25, -0.2) is 4.98 Å². The van der Waals surface area contributed by atoms with Crippen LogP contribution in [0, 0.1) is 11.3 Å². The second kappa shape index (κ2) is 4.51. The van der Waals surface area contributed by atoms with E-state index in [1.54, 1.807) is 16.7 Å². The summed E-state index contributed by atoms with van der Waals surface area (Å²) in [5.41, 5.74) is 7.13. The monoisotopic (exact) mass is 266 g/mol. The third-order valence-electron chi connectivity index (χ3n) is 2.98. The Kier molecular flexibility index (Phi) is 2.69. The Labute approximate surface area is 113 Å². The first-order valence-corrected chi connectivity index (χ1v) is 5.87. The number of hydrogen-bond acceptors (Lipinski definition) is 5. The molecule has 7 heteroatoms. The van der Waals surface area contributed by atoms with E-state index in [1.165, 1.54) is 6.33 Å². The molecule has 3 N–H and O–H groups in total. The Morgan fingerprint density at radius 3 is 3.00 bits per heavy atom. The van der Waals surface area contributed by atoms with E-state index in [9.17, 15) is 4.79 Å². The van der Waals surface area contributed by atoms with Crippen LogP contribution in [-0.2, 0) is 6.54 Å². The number of imidazole rings is 1. The fourth-order valence-corrected chi connectivity index (χ4v) is 2.07. The Balaban J connectivity index is 2.13. The number of nitrogens with one attached hydrogen (secondary N) is 1. The van der Waals surface area contributed by atoms with E-state index >= 15 is 0 Å². The molecule has 7 nitrogen and oxygen atoms in total. The molecule has 2 aromatic heterocycles. The molecule has 1 aromatic carbocycles. The van der Waals surface area contributed by atoms with Crippen LogP contribution in [0.2, 0.25) is 0 Å². The van der Waals surface area contributed by atoms with Crippen molar-refractivity contribution >= 4 is 17.1 Å². The molecular weight excluding hydrogens is 256 g/mol. The number of H-pyrrole nitrogens is 1. The summed E-state index contributed by atoms with van der Waals surface area (Å²) >= 11 is 0. The SMILES string of the molecule is N#Cc1ccccc1Cn1cnc2nc(N)[nH]c(=O)c21. The average Bonchev–Trinajstić information content (AvgIpc) is 2.82. The van der Waals surface area contributed by atoms with Crippen LogP contribution < -0.4 is 11.3 Å². The molecule has 0 fully saturated rings. The van der Waals surface area contributed by atoms with Gasteiger partial charge in [-0.15, -0.1) is 0 Å². The first-order chi connectivity index (χ1) is 9.69. The molecule has 0 unspecified atom stereocenters. The predicted molar refractivity (Wildman–Crippen MR) is 72.8 cm³/mol. The molecule has 98 valence electrons. The van der Waals surface area contributed by atoms with E-state index in [2.05, 4.69) is 21.0 Å². The molecule has 0 saturated carbocycles.